The molecule has 0 bridgehead atoms. The Kier molecular flexibility index (Phi) is 6.96. The minimum Gasteiger partial charge on any atom is -0.381 e. The molecule has 0 amide bonds. The molecule has 0 unspecified atom stereocenters. The van der Waals surface area contributed by atoms with Crippen LogP contribution in [0.4, 0.5) is 0 Å². The average Bonchev–Trinajstić information content (AvgIpc) is 2.63. The van der Waals surface area contributed by atoms with E-state index < -0.39 is 0 Å². The first-order valence-corrected chi connectivity index (χ1v) is 9.83. The number of ether oxygens (including phenoxy) is 1. The number of hydrogen-bond acceptors (Lipinski definition) is 3. The van der Waals surface area contributed by atoms with Crippen molar-refractivity contribution in [2.45, 2.75) is 38.1 Å². The number of piperidine rings is 1. The molecule has 1 aromatic carbocycles. The second-order valence-corrected chi connectivity index (χ2v) is 7.88. The summed E-state index contributed by atoms with van der Waals surface area (Å²) in [7, 11) is 2.31. The third-order valence-electron chi connectivity index (χ3n) is 5.70. The Morgan fingerprint density at radius 1 is 1.08 bits per heavy atom. The third-order valence-corrected chi connectivity index (χ3v) is 5.95. The molecule has 24 heavy (non-hydrogen) atoms. The van der Waals surface area contributed by atoms with Gasteiger partial charge in [0.15, 0.2) is 0 Å². The average molecular weight is 351 g/mol. The van der Waals surface area contributed by atoms with Crippen molar-refractivity contribution in [3.63, 3.8) is 0 Å². The highest BCUT2D eigenvalue weighted by molar-refractivity contribution is 6.30. The van der Waals surface area contributed by atoms with Crippen LogP contribution in [0.2, 0.25) is 5.02 Å². The molecule has 2 aliphatic heterocycles. The van der Waals surface area contributed by atoms with Crippen LogP contribution < -0.4 is 0 Å². The molecule has 2 heterocycles. The Labute approximate surface area is 151 Å². The summed E-state index contributed by atoms with van der Waals surface area (Å²) in [5.74, 6) is 0.865. The van der Waals surface area contributed by atoms with Crippen LogP contribution in [0.25, 0.3) is 0 Å². The Hall–Kier alpha value is -0.610. The SMILES string of the molecule is CN(CC1CCN(CCc2ccc(Cl)cc2)CC1)C1CCOCC1. The summed E-state index contributed by atoms with van der Waals surface area (Å²) < 4.78 is 5.48. The summed E-state index contributed by atoms with van der Waals surface area (Å²) in [5.41, 5.74) is 1.39. The van der Waals surface area contributed by atoms with Crippen molar-refractivity contribution in [1.29, 1.82) is 0 Å². The summed E-state index contributed by atoms with van der Waals surface area (Å²) in [6.45, 7) is 6.82. The molecule has 3 rings (SSSR count). The molecule has 2 fully saturated rings. The molecule has 0 saturated carbocycles. The normalized spacial score (nSPS) is 21.5. The van der Waals surface area contributed by atoms with Gasteiger partial charge < -0.3 is 14.5 Å². The predicted octanol–water partition coefficient (Wildman–Crippen LogP) is 3.71. The van der Waals surface area contributed by atoms with E-state index >= 15 is 0 Å². The molecule has 2 saturated heterocycles. The van der Waals surface area contributed by atoms with Crippen LogP contribution in [-0.4, -0.2) is 62.3 Å². The van der Waals surface area contributed by atoms with Gasteiger partial charge in [0.2, 0.25) is 0 Å². The van der Waals surface area contributed by atoms with E-state index in [2.05, 4.69) is 29.0 Å². The number of rotatable bonds is 6. The number of likely N-dealkylation sites (tertiary alicyclic amines) is 1. The van der Waals surface area contributed by atoms with Crippen LogP contribution >= 0.6 is 11.6 Å². The van der Waals surface area contributed by atoms with Gasteiger partial charge in [0, 0.05) is 37.4 Å². The van der Waals surface area contributed by atoms with Gasteiger partial charge in [-0.05, 0) is 75.9 Å². The van der Waals surface area contributed by atoms with Gasteiger partial charge in [0.05, 0.1) is 0 Å². The highest BCUT2D eigenvalue weighted by atomic mass is 35.5. The Morgan fingerprint density at radius 3 is 2.42 bits per heavy atom. The van der Waals surface area contributed by atoms with Gasteiger partial charge in [-0.2, -0.15) is 0 Å². The highest BCUT2D eigenvalue weighted by Gasteiger charge is 2.24. The molecule has 0 atom stereocenters. The summed E-state index contributed by atoms with van der Waals surface area (Å²) in [5, 5.41) is 0.827. The molecular weight excluding hydrogens is 320 g/mol. The largest absolute Gasteiger partial charge is 0.381 e. The van der Waals surface area contributed by atoms with E-state index in [1.807, 2.05) is 12.1 Å². The second kappa shape index (κ2) is 9.19. The molecular formula is C20H31ClN2O. The van der Waals surface area contributed by atoms with Crippen molar-refractivity contribution >= 4 is 11.6 Å². The molecule has 0 aliphatic carbocycles. The Morgan fingerprint density at radius 2 is 1.75 bits per heavy atom. The zero-order valence-corrected chi connectivity index (χ0v) is 15.7. The standard InChI is InChI=1S/C20H31ClN2O/c1-22(20-9-14-24-15-10-20)16-18-7-12-23(13-8-18)11-6-17-2-4-19(21)5-3-17/h2-5,18,20H,6-16H2,1H3. The molecule has 1 aromatic rings. The smallest absolute Gasteiger partial charge is 0.0480 e. The van der Waals surface area contributed by atoms with Gasteiger partial charge in [0.1, 0.15) is 0 Å². The van der Waals surface area contributed by atoms with Gasteiger partial charge in [-0.3, -0.25) is 0 Å². The predicted molar refractivity (Wildman–Crippen MR) is 101 cm³/mol. The van der Waals surface area contributed by atoms with Gasteiger partial charge >= 0.3 is 0 Å². The van der Waals surface area contributed by atoms with Gasteiger partial charge in [-0.15, -0.1) is 0 Å². The summed E-state index contributed by atoms with van der Waals surface area (Å²) >= 11 is 5.95. The maximum Gasteiger partial charge on any atom is 0.0480 e. The minimum absolute atomic E-state index is 0.738. The third kappa shape index (κ3) is 5.45. The quantitative estimate of drug-likeness (QED) is 0.778. The van der Waals surface area contributed by atoms with Gasteiger partial charge in [-0.25, -0.2) is 0 Å². The van der Waals surface area contributed by atoms with Crippen LogP contribution in [0.1, 0.15) is 31.2 Å². The summed E-state index contributed by atoms with van der Waals surface area (Å²) in [4.78, 5) is 5.22. The topological polar surface area (TPSA) is 15.7 Å². The molecule has 134 valence electrons. The number of hydrogen-bond donors (Lipinski definition) is 0. The zero-order valence-electron chi connectivity index (χ0n) is 14.9. The first kappa shape index (κ1) is 18.2. The lowest BCUT2D eigenvalue weighted by atomic mass is 9.94. The van der Waals surface area contributed by atoms with E-state index in [1.54, 1.807) is 0 Å². The van der Waals surface area contributed by atoms with E-state index in [9.17, 15) is 0 Å². The molecule has 0 aromatic heterocycles. The van der Waals surface area contributed by atoms with Crippen molar-refractivity contribution < 1.29 is 4.74 Å². The zero-order chi connectivity index (χ0) is 16.8. The summed E-state index contributed by atoms with van der Waals surface area (Å²) in [6.07, 6.45) is 6.22. The van der Waals surface area contributed by atoms with E-state index in [-0.39, 0.29) is 0 Å². The molecule has 0 radical (unpaired) electrons. The van der Waals surface area contributed by atoms with Gasteiger partial charge in [0.25, 0.3) is 0 Å². The van der Waals surface area contributed by atoms with Crippen LogP contribution in [0, 0.1) is 5.92 Å². The molecule has 0 N–H and O–H groups in total. The maximum absolute atomic E-state index is 5.95. The second-order valence-electron chi connectivity index (χ2n) is 7.44. The number of benzene rings is 1. The number of halogens is 1. The fourth-order valence-corrected chi connectivity index (χ4v) is 4.14. The first-order valence-electron chi connectivity index (χ1n) is 9.45. The van der Waals surface area contributed by atoms with Crippen molar-refractivity contribution in [2.75, 3.05) is 46.4 Å². The molecule has 4 heteroatoms. The van der Waals surface area contributed by atoms with E-state index in [0.29, 0.717) is 0 Å². The van der Waals surface area contributed by atoms with E-state index in [4.69, 9.17) is 16.3 Å². The van der Waals surface area contributed by atoms with Crippen LogP contribution in [0.15, 0.2) is 24.3 Å². The fraction of sp³-hybridized carbons (Fsp3) is 0.700. The van der Waals surface area contributed by atoms with Crippen molar-refractivity contribution in [3.8, 4) is 0 Å². The number of nitrogens with zero attached hydrogens (tertiary/aromatic N) is 2. The van der Waals surface area contributed by atoms with E-state index in [1.165, 1.54) is 57.4 Å². The monoisotopic (exact) mass is 350 g/mol. The lowest BCUT2D eigenvalue weighted by molar-refractivity contribution is 0.0337. The lowest BCUT2D eigenvalue weighted by Gasteiger charge is -2.37. The Balaban J connectivity index is 1.35. The van der Waals surface area contributed by atoms with Crippen LogP contribution in [0.3, 0.4) is 0 Å². The lowest BCUT2D eigenvalue weighted by Crippen LogP contribution is -2.43. The van der Waals surface area contributed by atoms with Crippen molar-refractivity contribution in [3.05, 3.63) is 34.9 Å². The molecule has 2 aliphatic rings. The minimum atomic E-state index is 0.738. The fourth-order valence-electron chi connectivity index (χ4n) is 4.01. The highest BCUT2D eigenvalue weighted by Crippen LogP contribution is 2.21. The molecule has 0 spiro atoms. The van der Waals surface area contributed by atoms with Crippen LogP contribution in [-0.2, 0) is 11.2 Å². The molecule has 3 nitrogen and oxygen atoms in total. The Bertz CT molecular complexity index is 479. The van der Waals surface area contributed by atoms with Crippen molar-refractivity contribution in [1.82, 2.24) is 9.80 Å². The van der Waals surface area contributed by atoms with Crippen molar-refractivity contribution in [2.24, 2.45) is 5.92 Å². The van der Waals surface area contributed by atoms with Crippen LogP contribution in [0.5, 0.6) is 0 Å². The first-order chi connectivity index (χ1) is 11.7. The maximum atomic E-state index is 5.95. The van der Waals surface area contributed by atoms with Gasteiger partial charge in [-0.1, -0.05) is 23.7 Å². The van der Waals surface area contributed by atoms with E-state index in [0.717, 1.165) is 36.6 Å². The summed E-state index contributed by atoms with van der Waals surface area (Å²) in [6, 6.07) is 9.03.